The number of aromatic hydroxyl groups is 1. The molecular weight excluding hydrogens is 348 g/mol. The van der Waals surface area contributed by atoms with E-state index in [0.29, 0.717) is 0 Å². The molecule has 3 aromatic carbocycles. The maximum Gasteiger partial charge on any atom is 0.241 e. The van der Waals surface area contributed by atoms with Gasteiger partial charge in [-0.1, -0.05) is 60.7 Å². The van der Waals surface area contributed by atoms with Crippen LogP contribution >= 0.6 is 0 Å². The quantitative estimate of drug-likeness (QED) is 0.623. The molecule has 0 radical (unpaired) electrons. The van der Waals surface area contributed by atoms with Crippen LogP contribution in [0, 0.1) is 0 Å². The molecule has 26 heavy (non-hydrogen) atoms. The highest BCUT2D eigenvalue weighted by atomic mass is 32.2. The fraction of sp³-hybridized carbons (Fsp3) is 0.100. The van der Waals surface area contributed by atoms with Crippen molar-refractivity contribution in [2.75, 3.05) is 0 Å². The first-order valence-corrected chi connectivity index (χ1v) is 9.62. The van der Waals surface area contributed by atoms with Gasteiger partial charge in [-0.15, -0.1) is 0 Å². The average Bonchev–Trinajstić information content (AvgIpc) is 2.67. The molecule has 0 bridgehead atoms. The van der Waals surface area contributed by atoms with Gasteiger partial charge < -0.3 is 10.8 Å². The molecule has 3 aromatic rings. The summed E-state index contributed by atoms with van der Waals surface area (Å²) in [7, 11) is -3.82. The van der Waals surface area contributed by atoms with Gasteiger partial charge in [0, 0.05) is 0 Å². The molecule has 6 heteroatoms. The fourth-order valence-electron chi connectivity index (χ4n) is 2.74. The normalized spacial score (nSPS) is 13.9. The van der Waals surface area contributed by atoms with Crippen molar-refractivity contribution in [1.82, 2.24) is 4.72 Å². The number of nitrogens with one attached hydrogen (secondary N) is 1. The third-order valence-corrected chi connectivity index (χ3v) is 5.59. The van der Waals surface area contributed by atoms with Crippen LogP contribution in [0.25, 0.3) is 0 Å². The van der Waals surface area contributed by atoms with E-state index in [1.807, 2.05) is 60.7 Å². The van der Waals surface area contributed by atoms with E-state index in [0.717, 1.165) is 11.1 Å². The van der Waals surface area contributed by atoms with Crippen LogP contribution in [-0.2, 0) is 10.0 Å². The Hall–Kier alpha value is -2.67. The Morgan fingerprint density at radius 1 is 0.769 bits per heavy atom. The molecule has 5 nitrogen and oxygen atoms in total. The van der Waals surface area contributed by atoms with Gasteiger partial charge in [-0.05, 0) is 35.4 Å². The van der Waals surface area contributed by atoms with Crippen LogP contribution in [0.4, 0.5) is 0 Å². The van der Waals surface area contributed by atoms with Gasteiger partial charge in [0.25, 0.3) is 0 Å². The van der Waals surface area contributed by atoms with Crippen LogP contribution < -0.4 is 10.5 Å². The molecular formula is C20H20N2O3S. The zero-order valence-electron chi connectivity index (χ0n) is 14.0. The molecule has 3 rings (SSSR count). The maximum atomic E-state index is 12.8. The number of sulfonamides is 1. The minimum Gasteiger partial charge on any atom is -0.508 e. The van der Waals surface area contributed by atoms with Crippen molar-refractivity contribution >= 4 is 10.0 Å². The molecule has 0 saturated carbocycles. The van der Waals surface area contributed by atoms with Crippen molar-refractivity contribution in [2.45, 2.75) is 17.0 Å². The van der Waals surface area contributed by atoms with Crippen molar-refractivity contribution in [2.24, 2.45) is 5.73 Å². The maximum absolute atomic E-state index is 12.8. The van der Waals surface area contributed by atoms with E-state index in [1.54, 1.807) is 0 Å². The van der Waals surface area contributed by atoms with Crippen LogP contribution in [0.3, 0.4) is 0 Å². The number of phenolic OH excluding ortho intramolecular Hbond substituents is 1. The summed E-state index contributed by atoms with van der Waals surface area (Å²) in [5.74, 6) is 0.00421. The van der Waals surface area contributed by atoms with E-state index in [4.69, 9.17) is 5.73 Å². The largest absolute Gasteiger partial charge is 0.508 e. The number of phenols is 1. The van der Waals surface area contributed by atoms with Gasteiger partial charge in [-0.2, -0.15) is 0 Å². The van der Waals surface area contributed by atoms with E-state index in [1.165, 1.54) is 24.3 Å². The molecule has 0 heterocycles. The van der Waals surface area contributed by atoms with E-state index in [-0.39, 0.29) is 10.6 Å². The topological polar surface area (TPSA) is 92.4 Å². The number of nitrogens with two attached hydrogens (primary N) is 1. The number of rotatable bonds is 6. The summed E-state index contributed by atoms with van der Waals surface area (Å²) in [6.07, 6.45) is 0. The second-order valence-corrected chi connectivity index (χ2v) is 7.65. The summed E-state index contributed by atoms with van der Waals surface area (Å²) in [6, 6.07) is 22.8. The molecule has 0 saturated heterocycles. The van der Waals surface area contributed by atoms with Crippen molar-refractivity contribution in [1.29, 1.82) is 0 Å². The Labute approximate surface area is 153 Å². The Kier molecular flexibility index (Phi) is 5.37. The zero-order chi connectivity index (χ0) is 18.6. The molecule has 0 aromatic heterocycles. The van der Waals surface area contributed by atoms with Gasteiger partial charge in [0.15, 0.2) is 0 Å². The lowest BCUT2D eigenvalue weighted by Crippen LogP contribution is -2.36. The lowest BCUT2D eigenvalue weighted by molar-refractivity contribution is 0.474. The summed E-state index contributed by atoms with van der Waals surface area (Å²) in [6.45, 7) is 0. The number of benzene rings is 3. The Bertz CT molecular complexity index is 943. The molecule has 0 amide bonds. The predicted molar refractivity (Wildman–Crippen MR) is 101 cm³/mol. The molecule has 0 unspecified atom stereocenters. The second-order valence-electron chi connectivity index (χ2n) is 5.94. The predicted octanol–water partition coefficient (Wildman–Crippen LogP) is 3.11. The zero-order valence-corrected chi connectivity index (χ0v) is 14.8. The summed E-state index contributed by atoms with van der Waals surface area (Å²) >= 11 is 0. The number of hydrogen-bond donors (Lipinski definition) is 3. The SMILES string of the molecule is N[C@@H](c1ccccc1)[C@H](NS(=O)(=O)c1ccc(O)cc1)c1ccccc1. The molecule has 134 valence electrons. The van der Waals surface area contributed by atoms with Crippen molar-refractivity contribution in [3.05, 3.63) is 96.1 Å². The lowest BCUT2D eigenvalue weighted by Gasteiger charge is -2.26. The van der Waals surface area contributed by atoms with Gasteiger partial charge >= 0.3 is 0 Å². The van der Waals surface area contributed by atoms with E-state index >= 15 is 0 Å². The smallest absolute Gasteiger partial charge is 0.241 e. The first kappa shape index (κ1) is 18.1. The molecule has 4 N–H and O–H groups in total. The summed E-state index contributed by atoms with van der Waals surface area (Å²) in [5, 5.41) is 9.38. The molecule has 0 aliphatic heterocycles. The highest BCUT2D eigenvalue weighted by Crippen LogP contribution is 2.29. The first-order chi connectivity index (χ1) is 12.5. The minimum absolute atomic E-state index is 0.00421. The highest BCUT2D eigenvalue weighted by molar-refractivity contribution is 7.89. The summed E-state index contributed by atoms with van der Waals surface area (Å²) < 4.78 is 28.3. The Balaban J connectivity index is 1.97. The van der Waals surface area contributed by atoms with E-state index < -0.39 is 22.1 Å². The van der Waals surface area contributed by atoms with Gasteiger partial charge in [-0.3, -0.25) is 0 Å². The lowest BCUT2D eigenvalue weighted by atomic mass is 9.95. The molecule has 2 atom stereocenters. The average molecular weight is 368 g/mol. The van der Waals surface area contributed by atoms with Gasteiger partial charge in [0.2, 0.25) is 10.0 Å². The first-order valence-electron chi connectivity index (χ1n) is 8.14. The van der Waals surface area contributed by atoms with Crippen LogP contribution in [0.1, 0.15) is 23.2 Å². The van der Waals surface area contributed by atoms with E-state index in [2.05, 4.69) is 4.72 Å². The Morgan fingerprint density at radius 2 is 1.27 bits per heavy atom. The van der Waals surface area contributed by atoms with Crippen LogP contribution in [0.15, 0.2) is 89.8 Å². The molecule has 0 spiro atoms. The monoisotopic (exact) mass is 368 g/mol. The van der Waals surface area contributed by atoms with Crippen LogP contribution in [0.2, 0.25) is 0 Å². The highest BCUT2D eigenvalue weighted by Gasteiger charge is 2.27. The van der Waals surface area contributed by atoms with Gasteiger partial charge in [0.1, 0.15) is 5.75 Å². The van der Waals surface area contributed by atoms with Gasteiger partial charge in [0.05, 0.1) is 17.0 Å². The summed E-state index contributed by atoms with van der Waals surface area (Å²) in [5.41, 5.74) is 8.01. The van der Waals surface area contributed by atoms with E-state index in [9.17, 15) is 13.5 Å². The molecule has 0 aliphatic carbocycles. The molecule has 0 fully saturated rings. The fourth-order valence-corrected chi connectivity index (χ4v) is 3.98. The number of hydrogen-bond acceptors (Lipinski definition) is 4. The van der Waals surface area contributed by atoms with Crippen molar-refractivity contribution in [3.8, 4) is 5.75 Å². The second kappa shape index (κ2) is 7.70. The van der Waals surface area contributed by atoms with Crippen molar-refractivity contribution < 1.29 is 13.5 Å². The third kappa shape index (κ3) is 4.11. The molecule has 0 aliphatic rings. The standard InChI is InChI=1S/C20H20N2O3S/c21-19(15-7-3-1-4-8-15)20(16-9-5-2-6-10-16)22-26(24,25)18-13-11-17(23)12-14-18/h1-14,19-20,22-23H,21H2/t19-,20+/m0/s1. The van der Waals surface area contributed by atoms with Crippen LogP contribution in [0.5, 0.6) is 5.75 Å². The minimum atomic E-state index is -3.82. The third-order valence-electron chi connectivity index (χ3n) is 4.13. The van der Waals surface area contributed by atoms with Gasteiger partial charge in [-0.25, -0.2) is 13.1 Å². The Morgan fingerprint density at radius 3 is 1.81 bits per heavy atom. The van der Waals surface area contributed by atoms with Crippen molar-refractivity contribution in [3.63, 3.8) is 0 Å². The summed E-state index contributed by atoms with van der Waals surface area (Å²) in [4.78, 5) is 0.0662. The van der Waals surface area contributed by atoms with Crippen LogP contribution in [-0.4, -0.2) is 13.5 Å².